The van der Waals surface area contributed by atoms with Gasteiger partial charge in [0.25, 0.3) is 0 Å². The first kappa shape index (κ1) is 26.7. The fourth-order valence-corrected chi connectivity index (χ4v) is 4.74. The van der Waals surface area contributed by atoms with Crippen LogP contribution in [-0.4, -0.2) is 46.0 Å². The average molecular weight is 465 g/mol. The van der Waals surface area contributed by atoms with Crippen LogP contribution in [0.15, 0.2) is 24.3 Å². The standard InChI is InChI=1S/C26H37ClO5/c1-2-3-6-10-23(29)19-12-14-20(15-13-19)26-21(22(27)18-24(26)30)9-7-4-5-8-11-25(31)32-17-16-28/h12-15,21-24,26,28-30H,2-3,5-6,8-11,16-18H2,1H3/t21?,22-,23+,24-,26?/m1/s1. The first-order chi connectivity index (χ1) is 15.5. The quantitative estimate of drug-likeness (QED) is 0.184. The van der Waals surface area contributed by atoms with Gasteiger partial charge in [0.15, 0.2) is 0 Å². The molecule has 2 unspecified atom stereocenters. The van der Waals surface area contributed by atoms with Gasteiger partial charge in [-0.1, -0.05) is 50.5 Å². The van der Waals surface area contributed by atoms with Crippen molar-refractivity contribution in [2.45, 2.75) is 88.2 Å². The molecule has 0 bridgehead atoms. The number of carbonyl (C=O) groups excluding carboxylic acids is 1. The van der Waals surface area contributed by atoms with E-state index in [9.17, 15) is 15.0 Å². The Balaban J connectivity index is 1.90. The third-order valence-electron chi connectivity index (χ3n) is 6.09. The van der Waals surface area contributed by atoms with E-state index in [1.807, 2.05) is 24.3 Å². The fourth-order valence-electron chi connectivity index (χ4n) is 4.31. The molecule has 1 aromatic rings. The van der Waals surface area contributed by atoms with Crippen LogP contribution in [0.3, 0.4) is 0 Å². The molecule has 5 atom stereocenters. The zero-order valence-corrected chi connectivity index (χ0v) is 19.8. The van der Waals surface area contributed by atoms with Gasteiger partial charge in [-0.3, -0.25) is 4.79 Å². The highest BCUT2D eigenvalue weighted by Gasteiger charge is 2.41. The fraction of sp³-hybridized carbons (Fsp3) is 0.654. The Hall–Kier alpha value is -1.58. The van der Waals surface area contributed by atoms with Crippen molar-refractivity contribution >= 4 is 17.6 Å². The van der Waals surface area contributed by atoms with Crippen molar-refractivity contribution in [3.8, 4) is 11.8 Å². The number of hydrogen-bond acceptors (Lipinski definition) is 5. The largest absolute Gasteiger partial charge is 0.463 e. The average Bonchev–Trinajstić information content (AvgIpc) is 3.07. The molecule has 32 heavy (non-hydrogen) atoms. The summed E-state index contributed by atoms with van der Waals surface area (Å²) in [6.07, 6.45) is 5.69. The molecule has 0 heterocycles. The summed E-state index contributed by atoms with van der Waals surface area (Å²) in [4.78, 5) is 11.4. The maximum atomic E-state index is 11.4. The topological polar surface area (TPSA) is 87.0 Å². The van der Waals surface area contributed by atoms with Crippen LogP contribution in [-0.2, 0) is 9.53 Å². The van der Waals surface area contributed by atoms with Crippen molar-refractivity contribution < 1.29 is 24.9 Å². The Morgan fingerprint density at radius 3 is 2.66 bits per heavy atom. The molecule has 178 valence electrons. The molecule has 0 aromatic heterocycles. The summed E-state index contributed by atoms with van der Waals surface area (Å²) in [6, 6.07) is 7.91. The third-order valence-corrected chi connectivity index (χ3v) is 6.60. The summed E-state index contributed by atoms with van der Waals surface area (Å²) in [5.74, 6) is 5.93. The van der Waals surface area contributed by atoms with Crippen LogP contribution in [0.1, 0.15) is 87.9 Å². The number of aliphatic hydroxyl groups is 3. The van der Waals surface area contributed by atoms with Crippen LogP contribution in [0.4, 0.5) is 0 Å². The van der Waals surface area contributed by atoms with Gasteiger partial charge in [-0.15, -0.1) is 23.4 Å². The number of rotatable bonds is 12. The van der Waals surface area contributed by atoms with Gasteiger partial charge in [0.2, 0.25) is 0 Å². The SMILES string of the molecule is CCCCC[C@H](O)c1ccc(C2C(CC#CCCCC(=O)OCCO)[C@H](Cl)C[C@H]2O)cc1. The van der Waals surface area contributed by atoms with E-state index in [1.165, 1.54) is 0 Å². The number of benzene rings is 1. The smallest absolute Gasteiger partial charge is 0.305 e. The maximum absolute atomic E-state index is 11.4. The van der Waals surface area contributed by atoms with E-state index in [-0.39, 0.29) is 42.8 Å². The van der Waals surface area contributed by atoms with Crippen LogP contribution in [0.2, 0.25) is 0 Å². The molecular weight excluding hydrogens is 428 g/mol. The van der Waals surface area contributed by atoms with Gasteiger partial charge in [-0.05, 0) is 36.3 Å². The van der Waals surface area contributed by atoms with Crippen LogP contribution >= 0.6 is 11.6 Å². The van der Waals surface area contributed by atoms with Crippen LogP contribution < -0.4 is 0 Å². The van der Waals surface area contributed by atoms with Crippen LogP contribution in [0.5, 0.6) is 0 Å². The lowest BCUT2D eigenvalue weighted by molar-refractivity contribution is -0.144. The highest BCUT2D eigenvalue weighted by molar-refractivity contribution is 6.21. The molecule has 1 saturated carbocycles. The lowest BCUT2D eigenvalue weighted by atomic mass is 9.85. The highest BCUT2D eigenvalue weighted by Crippen LogP contribution is 2.44. The first-order valence-electron chi connectivity index (χ1n) is 11.8. The van der Waals surface area contributed by atoms with Crippen molar-refractivity contribution in [2.75, 3.05) is 13.2 Å². The zero-order valence-electron chi connectivity index (χ0n) is 19.0. The predicted molar refractivity (Wildman–Crippen MR) is 126 cm³/mol. The van der Waals surface area contributed by atoms with Crippen molar-refractivity contribution in [2.24, 2.45) is 5.92 Å². The second-order valence-corrected chi connectivity index (χ2v) is 9.10. The summed E-state index contributed by atoms with van der Waals surface area (Å²) >= 11 is 6.55. The van der Waals surface area contributed by atoms with Crippen molar-refractivity contribution in [1.82, 2.24) is 0 Å². The van der Waals surface area contributed by atoms with Crippen molar-refractivity contribution in [3.63, 3.8) is 0 Å². The molecule has 0 saturated heterocycles. The molecule has 1 aliphatic rings. The van der Waals surface area contributed by atoms with Gasteiger partial charge < -0.3 is 20.1 Å². The van der Waals surface area contributed by atoms with Crippen LogP contribution in [0, 0.1) is 17.8 Å². The molecule has 2 rings (SSSR count). The first-order valence-corrected chi connectivity index (χ1v) is 12.2. The number of halogens is 1. The molecule has 6 heteroatoms. The van der Waals surface area contributed by atoms with Gasteiger partial charge in [-0.2, -0.15) is 0 Å². The molecule has 1 aliphatic carbocycles. The van der Waals surface area contributed by atoms with Gasteiger partial charge in [0.1, 0.15) is 6.61 Å². The van der Waals surface area contributed by atoms with Gasteiger partial charge in [0, 0.05) is 30.6 Å². The summed E-state index contributed by atoms with van der Waals surface area (Å²) in [7, 11) is 0. The van der Waals surface area contributed by atoms with E-state index in [0.717, 1.165) is 36.8 Å². The number of esters is 1. The highest BCUT2D eigenvalue weighted by atomic mass is 35.5. The second-order valence-electron chi connectivity index (χ2n) is 8.54. The zero-order chi connectivity index (χ0) is 23.3. The molecule has 3 N–H and O–H groups in total. The molecule has 0 aliphatic heterocycles. The Morgan fingerprint density at radius 1 is 1.22 bits per heavy atom. The lowest BCUT2D eigenvalue weighted by Crippen LogP contribution is -2.18. The van der Waals surface area contributed by atoms with E-state index < -0.39 is 12.2 Å². The van der Waals surface area contributed by atoms with Gasteiger partial charge in [0.05, 0.1) is 18.8 Å². The maximum Gasteiger partial charge on any atom is 0.305 e. The number of hydrogen-bond donors (Lipinski definition) is 3. The number of aliphatic hydroxyl groups excluding tert-OH is 3. The van der Waals surface area contributed by atoms with Crippen molar-refractivity contribution in [3.05, 3.63) is 35.4 Å². The minimum Gasteiger partial charge on any atom is -0.463 e. The Kier molecular flexibility index (Phi) is 12.1. The molecule has 0 spiro atoms. The monoisotopic (exact) mass is 464 g/mol. The molecule has 0 radical (unpaired) electrons. The number of carbonyl (C=O) groups is 1. The van der Waals surface area contributed by atoms with Crippen molar-refractivity contribution in [1.29, 1.82) is 0 Å². The molecule has 5 nitrogen and oxygen atoms in total. The Bertz CT molecular complexity index is 739. The number of alkyl halides is 1. The molecule has 1 aromatic carbocycles. The van der Waals surface area contributed by atoms with Gasteiger partial charge >= 0.3 is 5.97 Å². The summed E-state index contributed by atoms with van der Waals surface area (Å²) in [6.45, 7) is 2.02. The normalized spacial score (nSPS) is 23.4. The molecule has 0 amide bonds. The Labute approximate surface area is 197 Å². The summed E-state index contributed by atoms with van der Waals surface area (Å²) in [5, 5.41) is 29.5. The van der Waals surface area contributed by atoms with E-state index in [0.29, 0.717) is 25.7 Å². The summed E-state index contributed by atoms with van der Waals surface area (Å²) in [5.41, 5.74) is 1.94. The summed E-state index contributed by atoms with van der Waals surface area (Å²) < 4.78 is 4.82. The van der Waals surface area contributed by atoms with Gasteiger partial charge in [-0.25, -0.2) is 0 Å². The van der Waals surface area contributed by atoms with E-state index in [1.54, 1.807) is 0 Å². The molecular formula is C26H37ClO5. The predicted octanol–water partition coefficient (Wildman–Crippen LogP) is 4.47. The lowest BCUT2D eigenvalue weighted by Gasteiger charge is -2.23. The van der Waals surface area contributed by atoms with E-state index in [4.69, 9.17) is 21.4 Å². The number of unbranched alkanes of at least 4 members (excludes halogenated alkanes) is 3. The van der Waals surface area contributed by atoms with Crippen LogP contribution in [0.25, 0.3) is 0 Å². The number of ether oxygens (including phenoxy) is 1. The van der Waals surface area contributed by atoms with E-state index in [2.05, 4.69) is 18.8 Å². The minimum atomic E-state index is -0.508. The second kappa shape index (κ2) is 14.5. The Morgan fingerprint density at radius 2 is 1.97 bits per heavy atom. The van der Waals surface area contributed by atoms with E-state index >= 15 is 0 Å². The molecule has 1 fully saturated rings. The third kappa shape index (κ3) is 8.41. The minimum absolute atomic E-state index is 0.0335.